The monoisotopic (exact) mass is 406 g/mol. The Morgan fingerprint density at radius 2 is 2.00 bits per heavy atom. The van der Waals surface area contributed by atoms with Crippen LogP contribution >= 0.6 is 0 Å². The molecule has 3 heterocycles. The number of piperidine rings is 1. The van der Waals surface area contributed by atoms with Crippen LogP contribution in [0.5, 0.6) is 0 Å². The summed E-state index contributed by atoms with van der Waals surface area (Å²) in [5, 5.41) is 1.12. The number of likely N-dealkylation sites (tertiary alicyclic amines) is 1. The van der Waals surface area contributed by atoms with Crippen LogP contribution in [-0.4, -0.2) is 35.2 Å². The van der Waals surface area contributed by atoms with Gasteiger partial charge in [0.25, 0.3) is 5.91 Å². The molecule has 2 aromatic rings. The van der Waals surface area contributed by atoms with Crippen LogP contribution in [0.3, 0.4) is 0 Å². The molecule has 0 spiro atoms. The highest BCUT2D eigenvalue weighted by atomic mass is 16.2. The van der Waals surface area contributed by atoms with Gasteiger partial charge in [-0.05, 0) is 66.7 Å². The minimum atomic E-state index is 0.0533. The number of aromatic nitrogens is 1. The molecule has 30 heavy (non-hydrogen) atoms. The van der Waals surface area contributed by atoms with E-state index in [0.717, 1.165) is 48.6 Å². The molecule has 6 nitrogen and oxygen atoms in total. The maximum absolute atomic E-state index is 12.9. The highest BCUT2D eigenvalue weighted by molar-refractivity contribution is 5.98. The second-order valence-corrected chi connectivity index (χ2v) is 9.84. The van der Waals surface area contributed by atoms with Gasteiger partial charge in [0.1, 0.15) is 6.29 Å². The summed E-state index contributed by atoms with van der Waals surface area (Å²) in [5.41, 5.74) is 12.8. The van der Waals surface area contributed by atoms with Crippen molar-refractivity contribution in [3.8, 4) is 0 Å². The van der Waals surface area contributed by atoms with Crippen LogP contribution in [0.25, 0.3) is 10.9 Å². The topological polar surface area (TPSA) is 77.2 Å². The summed E-state index contributed by atoms with van der Waals surface area (Å²) in [6.45, 7) is 5.96. The van der Waals surface area contributed by atoms with Gasteiger partial charge in [-0.15, -0.1) is 0 Å². The Labute approximate surface area is 177 Å². The predicted octanol–water partition coefficient (Wildman–Crippen LogP) is 3.83. The maximum atomic E-state index is 12.9. The Kier molecular flexibility index (Phi) is 4.69. The van der Waals surface area contributed by atoms with E-state index in [2.05, 4.69) is 35.7 Å². The zero-order chi connectivity index (χ0) is 20.9. The summed E-state index contributed by atoms with van der Waals surface area (Å²) in [7, 11) is 0. The summed E-state index contributed by atoms with van der Waals surface area (Å²) in [6, 6.07) is 8.26. The molecular formula is C24H30N4O2. The van der Waals surface area contributed by atoms with Gasteiger partial charge in [0, 0.05) is 41.5 Å². The highest BCUT2D eigenvalue weighted by Crippen LogP contribution is 2.44. The molecule has 6 heteroatoms. The number of hydrogen-bond acceptors (Lipinski definition) is 4. The zero-order valence-corrected chi connectivity index (χ0v) is 17.8. The van der Waals surface area contributed by atoms with Gasteiger partial charge in [0.05, 0.1) is 6.04 Å². The fourth-order valence-corrected chi connectivity index (χ4v) is 5.12. The molecule has 0 bridgehead atoms. The molecule has 0 radical (unpaired) electrons. The number of nitrogens with one attached hydrogen (secondary N) is 3. The minimum Gasteiger partial charge on any atom is -0.357 e. The molecular weight excluding hydrogens is 376 g/mol. The Balaban J connectivity index is 1.37. The number of carbonyl (C=O) groups excluding carboxylic acids is 2. The molecule has 1 aromatic carbocycles. The Morgan fingerprint density at radius 1 is 1.20 bits per heavy atom. The lowest BCUT2D eigenvalue weighted by Gasteiger charge is -2.30. The quantitative estimate of drug-likeness (QED) is 0.677. The molecule has 1 aromatic heterocycles. The number of amides is 1. The normalized spacial score (nSPS) is 24.1. The van der Waals surface area contributed by atoms with Crippen molar-refractivity contribution in [2.45, 2.75) is 52.0 Å². The van der Waals surface area contributed by atoms with Gasteiger partial charge >= 0.3 is 0 Å². The summed E-state index contributed by atoms with van der Waals surface area (Å²) in [5.74, 6) is 0.150. The minimum absolute atomic E-state index is 0.0533. The van der Waals surface area contributed by atoms with E-state index in [1.807, 2.05) is 23.1 Å². The lowest BCUT2D eigenvalue weighted by Crippen LogP contribution is -2.38. The summed E-state index contributed by atoms with van der Waals surface area (Å²) < 4.78 is 0. The van der Waals surface area contributed by atoms with Gasteiger partial charge in [0.15, 0.2) is 0 Å². The van der Waals surface area contributed by atoms with Crippen LogP contribution in [0, 0.1) is 11.3 Å². The zero-order valence-electron chi connectivity index (χ0n) is 17.8. The van der Waals surface area contributed by atoms with E-state index >= 15 is 0 Å². The molecule has 1 fully saturated rings. The van der Waals surface area contributed by atoms with Crippen LogP contribution in [0.4, 0.5) is 0 Å². The van der Waals surface area contributed by atoms with Crippen molar-refractivity contribution < 1.29 is 9.59 Å². The van der Waals surface area contributed by atoms with Crippen molar-refractivity contribution in [1.82, 2.24) is 20.7 Å². The average Bonchev–Trinajstić information content (AvgIpc) is 3.35. The third-order valence-electron chi connectivity index (χ3n) is 7.05. The van der Waals surface area contributed by atoms with Gasteiger partial charge in [0.2, 0.25) is 0 Å². The van der Waals surface area contributed by atoms with Crippen molar-refractivity contribution in [3.05, 3.63) is 46.8 Å². The Hall–Kier alpha value is -2.60. The second kappa shape index (κ2) is 7.27. The standard InChI is InChI=1S/C24H30N4O2/c1-24(2)8-5-18-21(13-24)26-27-22(18)20-11-16-3-4-17(12-19(16)25-20)23(30)28-9-6-15(14-29)7-10-28/h3-4,11-12,14-15,22,25-27H,5-10,13H2,1-2H3. The molecule has 1 saturated heterocycles. The van der Waals surface area contributed by atoms with Crippen LogP contribution in [0.15, 0.2) is 35.5 Å². The van der Waals surface area contributed by atoms with Crippen LogP contribution in [-0.2, 0) is 4.79 Å². The number of H-pyrrole nitrogens is 1. The van der Waals surface area contributed by atoms with Gasteiger partial charge in [-0.1, -0.05) is 19.9 Å². The van der Waals surface area contributed by atoms with Gasteiger partial charge in [-0.25, -0.2) is 5.43 Å². The largest absolute Gasteiger partial charge is 0.357 e. The third-order valence-corrected chi connectivity index (χ3v) is 7.05. The van der Waals surface area contributed by atoms with Crippen molar-refractivity contribution in [2.75, 3.05) is 13.1 Å². The van der Waals surface area contributed by atoms with Crippen molar-refractivity contribution in [1.29, 1.82) is 0 Å². The number of carbonyl (C=O) groups is 2. The number of benzene rings is 1. The van der Waals surface area contributed by atoms with Crippen LogP contribution in [0.2, 0.25) is 0 Å². The number of rotatable bonds is 3. The van der Waals surface area contributed by atoms with Crippen molar-refractivity contribution in [3.63, 3.8) is 0 Å². The summed E-state index contributed by atoms with van der Waals surface area (Å²) in [4.78, 5) is 29.3. The second-order valence-electron chi connectivity index (χ2n) is 9.84. The van der Waals surface area contributed by atoms with E-state index in [4.69, 9.17) is 0 Å². The molecule has 3 N–H and O–H groups in total. The van der Waals surface area contributed by atoms with E-state index in [0.29, 0.717) is 24.1 Å². The summed E-state index contributed by atoms with van der Waals surface area (Å²) >= 11 is 0. The average molecular weight is 407 g/mol. The number of fused-ring (bicyclic) bond motifs is 1. The van der Waals surface area contributed by atoms with E-state index in [1.54, 1.807) is 0 Å². The smallest absolute Gasteiger partial charge is 0.253 e. The molecule has 1 amide bonds. The SMILES string of the molecule is CC1(C)CCC2=C(C1)NNC2c1cc2ccc(C(=O)N3CCC(C=O)CC3)cc2[nH]1. The number of nitrogens with zero attached hydrogens (tertiary/aromatic N) is 1. The molecule has 3 aliphatic rings. The van der Waals surface area contributed by atoms with Crippen LogP contribution in [0.1, 0.15) is 68.0 Å². The van der Waals surface area contributed by atoms with Crippen molar-refractivity contribution >= 4 is 23.1 Å². The molecule has 1 aliphatic carbocycles. The molecule has 2 aliphatic heterocycles. The molecule has 158 valence electrons. The maximum Gasteiger partial charge on any atom is 0.253 e. The van der Waals surface area contributed by atoms with E-state index in [1.165, 1.54) is 17.7 Å². The molecule has 1 unspecified atom stereocenters. The highest BCUT2D eigenvalue weighted by Gasteiger charge is 2.35. The van der Waals surface area contributed by atoms with Crippen molar-refractivity contribution in [2.24, 2.45) is 11.3 Å². The first-order valence-corrected chi connectivity index (χ1v) is 11.0. The lowest BCUT2D eigenvalue weighted by molar-refractivity contribution is -0.112. The first-order valence-electron chi connectivity index (χ1n) is 11.0. The third kappa shape index (κ3) is 3.43. The number of hydrazine groups is 1. The van der Waals surface area contributed by atoms with E-state index < -0.39 is 0 Å². The Bertz CT molecular complexity index is 1030. The number of hydrogen-bond donors (Lipinski definition) is 3. The van der Waals surface area contributed by atoms with E-state index in [9.17, 15) is 9.59 Å². The first kappa shape index (κ1) is 19.4. The van der Waals surface area contributed by atoms with Gasteiger partial charge in [-0.2, -0.15) is 0 Å². The number of aromatic amines is 1. The lowest BCUT2D eigenvalue weighted by atomic mass is 9.75. The Morgan fingerprint density at radius 3 is 2.77 bits per heavy atom. The van der Waals surface area contributed by atoms with Gasteiger partial charge < -0.3 is 20.1 Å². The predicted molar refractivity (Wildman–Crippen MR) is 117 cm³/mol. The molecule has 1 atom stereocenters. The van der Waals surface area contributed by atoms with Gasteiger partial charge in [-0.3, -0.25) is 4.79 Å². The summed E-state index contributed by atoms with van der Waals surface area (Å²) in [6.07, 6.45) is 5.92. The molecule has 0 saturated carbocycles. The fourth-order valence-electron chi connectivity index (χ4n) is 5.12. The molecule has 5 rings (SSSR count). The number of aldehydes is 1. The first-order chi connectivity index (χ1) is 14.4. The van der Waals surface area contributed by atoms with E-state index in [-0.39, 0.29) is 17.9 Å². The van der Waals surface area contributed by atoms with Crippen LogP contribution < -0.4 is 10.9 Å². The fraction of sp³-hybridized carbons (Fsp3) is 0.500. The number of allylic oxidation sites excluding steroid dienone is 1.